The molecule has 0 spiro atoms. The number of rotatable bonds is 3. The quantitative estimate of drug-likeness (QED) is 0.715. The van der Waals surface area contributed by atoms with Gasteiger partial charge in [0, 0.05) is 11.3 Å². The van der Waals surface area contributed by atoms with Crippen LogP contribution in [-0.2, 0) is 4.74 Å². The molecular weight excluding hydrogens is 216 g/mol. The number of ether oxygens (including phenoxy) is 1. The first-order valence-corrected chi connectivity index (χ1v) is 6.70. The van der Waals surface area contributed by atoms with Gasteiger partial charge in [-0.25, -0.2) is 0 Å². The Kier molecular flexibility index (Phi) is 4.16. The second-order valence-corrected chi connectivity index (χ2v) is 5.06. The Balaban J connectivity index is 2.03. The van der Waals surface area contributed by atoms with Crippen LogP contribution in [0.2, 0.25) is 0 Å². The van der Waals surface area contributed by atoms with Gasteiger partial charge in [-0.15, -0.1) is 12.6 Å². The minimum Gasteiger partial charge on any atom is -0.494 e. The van der Waals surface area contributed by atoms with E-state index in [9.17, 15) is 0 Å². The second-order valence-electron chi connectivity index (χ2n) is 4.54. The molecule has 1 aliphatic heterocycles. The lowest BCUT2D eigenvalue weighted by atomic mass is 9.98. The van der Waals surface area contributed by atoms with Crippen molar-refractivity contribution in [1.82, 2.24) is 0 Å². The largest absolute Gasteiger partial charge is 0.494 e. The Morgan fingerprint density at radius 3 is 3.19 bits per heavy atom. The molecule has 2 aliphatic rings. The van der Waals surface area contributed by atoms with Gasteiger partial charge in [0.1, 0.15) is 5.76 Å². The van der Waals surface area contributed by atoms with Gasteiger partial charge >= 0.3 is 0 Å². The summed E-state index contributed by atoms with van der Waals surface area (Å²) in [7, 11) is 0. The smallest absolute Gasteiger partial charge is 0.103 e. The van der Waals surface area contributed by atoms with Crippen molar-refractivity contribution in [1.29, 1.82) is 0 Å². The lowest BCUT2D eigenvalue weighted by Crippen LogP contribution is -2.18. The van der Waals surface area contributed by atoms with Crippen LogP contribution in [0.5, 0.6) is 0 Å². The maximum Gasteiger partial charge on any atom is 0.103 e. The number of hydrogen-bond acceptors (Lipinski definition) is 2. The molecule has 1 unspecified atom stereocenters. The van der Waals surface area contributed by atoms with Crippen molar-refractivity contribution in [2.45, 2.75) is 51.6 Å². The van der Waals surface area contributed by atoms with Crippen LogP contribution in [0.15, 0.2) is 34.5 Å². The standard InChI is InChI=1S/C14H20OS/c1-2-3-5-12-9-8-11-10-13(16)6-4-7-14(11)15-12/h4,6,10,12,16H,2-3,5,7-9H2,1H3. The number of allylic oxidation sites excluding steroid dienone is 4. The van der Waals surface area contributed by atoms with Crippen LogP contribution in [0.3, 0.4) is 0 Å². The maximum absolute atomic E-state index is 6.07. The number of hydrogen-bond donors (Lipinski definition) is 1. The molecule has 1 atom stereocenters. The lowest BCUT2D eigenvalue weighted by Gasteiger charge is -2.27. The van der Waals surface area contributed by atoms with E-state index in [4.69, 9.17) is 4.74 Å². The van der Waals surface area contributed by atoms with E-state index in [-0.39, 0.29) is 0 Å². The van der Waals surface area contributed by atoms with Crippen molar-refractivity contribution in [3.05, 3.63) is 34.5 Å². The summed E-state index contributed by atoms with van der Waals surface area (Å²) in [6, 6.07) is 0. The fourth-order valence-electron chi connectivity index (χ4n) is 2.27. The summed E-state index contributed by atoms with van der Waals surface area (Å²) in [5, 5.41) is 0. The third kappa shape index (κ3) is 2.94. The molecule has 2 heteroatoms. The minimum absolute atomic E-state index is 0.446. The minimum atomic E-state index is 0.446. The van der Waals surface area contributed by atoms with Crippen LogP contribution in [0, 0.1) is 0 Å². The molecule has 0 radical (unpaired) electrons. The Bertz CT molecular complexity index is 339. The van der Waals surface area contributed by atoms with Gasteiger partial charge in [0.25, 0.3) is 0 Å². The predicted octanol–water partition coefficient (Wildman–Crippen LogP) is 4.38. The Labute approximate surface area is 104 Å². The van der Waals surface area contributed by atoms with E-state index < -0.39 is 0 Å². The summed E-state index contributed by atoms with van der Waals surface area (Å²) >= 11 is 4.41. The highest BCUT2D eigenvalue weighted by Crippen LogP contribution is 2.32. The predicted molar refractivity (Wildman–Crippen MR) is 71.5 cm³/mol. The molecule has 0 N–H and O–H groups in total. The normalized spacial score (nSPS) is 24.6. The van der Waals surface area contributed by atoms with Crippen LogP contribution in [0.1, 0.15) is 45.4 Å². The topological polar surface area (TPSA) is 9.23 Å². The third-order valence-corrected chi connectivity index (χ3v) is 3.47. The highest BCUT2D eigenvalue weighted by Gasteiger charge is 2.20. The van der Waals surface area contributed by atoms with Gasteiger partial charge in [-0.3, -0.25) is 0 Å². The van der Waals surface area contributed by atoms with Crippen molar-refractivity contribution in [2.75, 3.05) is 0 Å². The van der Waals surface area contributed by atoms with E-state index in [0.29, 0.717) is 6.10 Å². The molecule has 2 rings (SSSR count). The van der Waals surface area contributed by atoms with E-state index in [1.54, 1.807) is 0 Å². The van der Waals surface area contributed by atoms with Crippen LogP contribution >= 0.6 is 12.6 Å². The summed E-state index contributed by atoms with van der Waals surface area (Å²) in [5.74, 6) is 1.17. The zero-order valence-electron chi connectivity index (χ0n) is 9.91. The van der Waals surface area contributed by atoms with E-state index in [2.05, 4.69) is 37.8 Å². The molecule has 1 aliphatic carbocycles. The van der Waals surface area contributed by atoms with Gasteiger partial charge in [0.2, 0.25) is 0 Å². The van der Waals surface area contributed by atoms with Crippen molar-refractivity contribution in [3.63, 3.8) is 0 Å². The van der Waals surface area contributed by atoms with Crippen molar-refractivity contribution in [2.24, 2.45) is 0 Å². The molecule has 0 amide bonds. The van der Waals surface area contributed by atoms with Gasteiger partial charge in [-0.2, -0.15) is 0 Å². The first kappa shape index (κ1) is 11.8. The van der Waals surface area contributed by atoms with E-state index in [0.717, 1.165) is 24.2 Å². The Hall–Kier alpha value is -0.630. The molecule has 0 fully saturated rings. The Morgan fingerprint density at radius 1 is 1.50 bits per heavy atom. The van der Waals surface area contributed by atoms with Crippen molar-refractivity contribution >= 4 is 12.6 Å². The molecular formula is C14H20OS. The summed E-state index contributed by atoms with van der Waals surface area (Å²) in [6.07, 6.45) is 13.8. The average Bonchev–Trinajstić information content (AvgIpc) is 2.46. The summed E-state index contributed by atoms with van der Waals surface area (Å²) in [5.41, 5.74) is 1.35. The summed E-state index contributed by atoms with van der Waals surface area (Å²) in [6.45, 7) is 2.23. The highest BCUT2D eigenvalue weighted by molar-refractivity contribution is 7.84. The lowest BCUT2D eigenvalue weighted by molar-refractivity contribution is 0.0803. The summed E-state index contributed by atoms with van der Waals surface area (Å²) in [4.78, 5) is 1.04. The molecule has 0 saturated heterocycles. The zero-order valence-corrected chi connectivity index (χ0v) is 10.8. The first-order chi connectivity index (χ1) is 7.79. The molecule has 1 heterocycles. The maximum atomic E-state index is 6.07. The van der Waals surface area contributed by atoms with E-state index in [1.165, 1.54) is 30.6 Å². The fourth-order valence-corrected chi connectivity index (χ4v) is 2.53. The van der Waals surface area contributed by atoms with E-state index >= 15 is 0 Å². The van der Waals surface area contributed by atoms with Crippen molar-refractivity contribution in [3.8, 4) is 0 Å². The van der Waals surface area contributed by atoms with Crippen LogP contribution < -0.4 is 0 Å². The van der Waals surface area contributed by atoms with Gasteiger partial charge < -0.3 is 4.74 Å². The summed E-state index contributed by atoms with van der Waals surface area (Å²) < 4.78 is 6.07. The first-order valence-electron chi connectivity index (χ1n) is 6.25. The molecule has 0 aromatic carbocycles. The number of unbranched alkanes of at least 4 members (excludes halogenated alkanes) is 1. The SMILES string of the molecule is CCCCC1CCC2=C(CC=CC(S)=C2)O1. The van der Waals surface area contributed by atoms with Crippen LogP contribution in [0.4, 0.5) is 0 Å². The molecule has 0 aromatic rings. The highest BCUT2D eigenvalue weighted by atomic mass is 32.1. The van der Waals surface area contributed by atoms with Gasteiger partial charge in [-0.05, 0) is 30.9 Å². The Morgan fingerprint density at radius 2 is 2.38 bits per heavy atom. The van der Waals surface area contributed by atoms with Gasteiger partial charge in [0.15, 0.2) is 0 Å². The fraction of sp³-hybridized carbons (Fsp3) is 0.571. The molecule has 0 saturated carbocycles. The molecule has 88 valence electrons. The molecule has 0 aromatic heterocycles. The zero-order chi connectivity index (χ0) is 11.4. The van der Waals surface area contributed by atoms with Crippen LogP contribution in [-0.4, -0.2) is 6.10 Å². The molecule has 0 bridgehead atoms. The molecule has 16 heavy (non-hydrogen) atoms. The van der Waals surface area contributed by atoms with E-state index in [1.807, 2.05) is 0 Å². The van der Waals surface area contributed by atoms with Gasteiger partial charge in [0.05, 0.1) is 6.10 Å². The average molecular weight is 236 g/mol. The second kappa shape index (κ2) is 5.62. The molecule has 1 nitrogen and oxygen atoms in total. The monoisotopic (exact) mass is 236 g/mol. The van der Waals surface area contributed by atoms with Gasteiger partial charge in [-0.1, -0.05) is 31.9 Å². The van der Waals surface area contributed by atoms with Crippen molar-refractivity contribution < 1.29 is 4.74 Å². The third-order valence-electron chi connectivity index (χ3n) is 3.20. The van der Waals surface area contributed by atoms with Crippen LogP contribution in [0.25, 0.3) is 0 Å². The number of thiol groups is 1.